The zero-order chi connectivity index (χ0) is 12.7. The third-order valence-corrected chi connectivity index (χ3v) is 3.62. The lowest BCUT2D eigenvalue weighted by Crippen LogP contribution is -2.51. The van der Waals surface area contributed by atoms with Crippen LogP contribution in [0, 0.1) is 0 Å². The molecule has 96 valence electrons. The van der Waals surface area contributed by atoms with E-state index in [0.29, 0.717) is 12.6 Å². The van der Waals surface area contributed by atoms with Crippen molar-refractivity contribution >= 4 is 0 Å². The van der Waals surface area contributed by atoms with Crippen LogP contribution in [0.4, 0.5) is 0 Å². The maximum Gasteiger partial charge on any atom is 0.0306 e. The lowest BCUT2D eigenvalue weighted by molar-refractivity contribution is 0.268. The van der Waals surface area contributed by atoms with Gasteiger partial charge < -0.3 is 11.1 Å². The maximum absolute atomic E-state index is 5.97. The average Bonchev–Trinajstić information content (AvgIpc) is 2.39. The predicted molar refractivity (Wildman–Crippen MR) is 75.0 cm³/mol. The molecule has 2 nitrogen and oxygen atoms in total. The molecule has 0 aromatic heterocycles. The number of hydrogen-bond acceptors (Lipinski definition) is 2. The zero-order valence-electron chi connectivity index (χ0n) is 11.4. The molecular weight excluding hydrogens is 208 g/mol. The van der Waals surface area contributed by atoms with Crippen LogP contribution in [0.15, 0.2) is 30.3 Å². The van der Waals surface area contributed by atoms with Gasteiger partial charge in [0.05, 0.1) is 0 Å². The molecule has 2 atom stereocenters. The minimum absolute atomic E-state index is 0.0873. The summed E-state index contributed by atoms with van der Waals surface area (Å²) in [6.07, 6.45) is 3.38. The summed E-state index contributed by atoms with van der Waals surface area (Å²) in [5.41, 5.74) is 7.38. The Labute approximate surface area is 106 Å². The molecule has 0 aliphatic rings. The molecule has 0 fully saturated rings. The Balaban J connectivity index is 2.73. The second kappa shape index (κ2) is 6.77. The fraction of sp³-hybridized carbons (Fsp3) is 0.600. The van der Waals surface area contributed by atoms with Gasteiger partial charge in [0.25, 0.3) is 0 Å². The van der Waals surface area contributed by atoms with Crippen molar-refractivity contribution in [3.8, 4) is 0 Å². The largest absolute Gasteiger partial charge is 0.329 e. The standard InChI is InChI=1S/C15H26N2/c1-4-11-15(5-2,12-16)17-13(3)14-9-7-6-8-10-14/h6-10,13,17H,4-5,11-12,16H2,1-3H3. The van der Waals surface area contributed by atoms with Gasteiger partial charge in [0, 0.05) is 18.1 Å². The highest BCUT2D eigenvalue weighted by Gasteiger charge is 2.27. The van der Waals surface area contributed by atoms with E-state index < -0.39 is 0 Å². The van der Waals surface area contributed by atoms with E-state index in [1.54, 1.807) is 0 Å². The van der Waals surface area contributed by atoms with E-state index in [4.69, 9.17) is 5.73 Å². The van der Waals surface area contributed by atoms with Gasteiger partial charge in [0.2, 0.25) is 0 Å². The Morgan fingerprint density at radius 1 is 1.24 bits per heavy atom. The minimum atomic E-state index is 0.0873. The Bertz CT molecular complexity index is 304. The van der Waals surface area contributed by atoms with E-state index in [2.05, 4.69) is 56.4 Å². The maximum atomic E-state index is 5.97. The third-order valence-electron chi connectivity index (χ3n) is 3.62. The summed E-state index contributed by atoms with van der Waals surface area (Å²) in [5, 5.41) is 3.72. The van der Waals surface area contributed by atoms with Gasteiger partial charge in [0.1, 0.15) is 0 Å². The van der Waals surface area contributed by atoms with Crippen molar-refractivity contribution in [1.29, 1.82) is 0 Å². The molecule has 0 bridgehead atoms. The SMILES string of the molecule is CCCC(CC)(CN)NC(C)c1ccccc1. The van der Waals surface area contributed by atoms with Crippen molar-refractivity contribution in [3.05, 3.63) is 35.9 Å². The molecule has 3 N–H and O–H groups in total. The first-order chi connectivity index (χ1) is 8.17. The quantitative estimate of drug-likeness (QED) is 0.760. The third kappa shape index (κ3) is 3.83. The summed E-state index contributed by atoms with van der Waals surface area (Å²) in [4.78, 5) is 0. The highest BCUT2D eigenvalue weighted by Crippen LogP contribution is 2.22. The van der Waals surface area contributed by atoms with Crippen LogP contribution in [-0.4, -0.2) is 12.1 Å². The molecule has 0 heterocycles. The lowest BCUT2D eigenvalue weighted by atomic mass is 9.89. The van der Waals surface area contributed by atoms with Crippen molar-refractivity contribution in [1.82, 2.24) is 5.32 Å². The van der Waals surface area contributed by atoms with Crippen molar-refractivity contribution in [2.24, 2.45) is 5.73 Å². The summed E-state index contributed by atoms with van der Waals surface area (Å²) >= 11 is 0. The molecular formula is C15H26N2. The van der Waals surface area contributed by atoms with E-state index in [0.717, 1.165) is 12.8 Å². The van der Waals surface area contributed by atoms with Gasteiger partial charge >= 0.3 is 0 Å². The van der Waals surface area contributed by atoms with E-state index in [1.807, 2.05) is 0 Å². The topological polar surface area (TPSA) is 38.0 Å². The van der Waals surface area contributed by atoms with Crippen molar-refractivity contribution < 1.29 is 0 Å². The van der Waals surface area contributed by atoms with Crippen LogP contribution in [-0.2, 0) is 0 Å². The Hall–Kier alpha value is -0.860. The molecule has 2 heteroatoms. The number of nitrogens with two attached hydrogens (primary N) is 1. The highest BCUT2D eigenvalue weighted by molar-refractivity contribution is 5.18. The molecule has 0 aliphatic carbocycles. The summed E-state index contributed by atoms with van der Waals surface area (Å²) in [6.45, 7) is 7.35. The lowest BCUT2D eigenvalue weighted by Gasteiger charge is -2.36. The van der Waals surface area contributed by atoms with Crippen molar-refractivity contribution in [2.75, 3.05) is 6.54 Å². The summed E-state index contributed by atoms with van der Waals surface area (Å²) in [5.74, 6) is 0. The molecule has 0 aliphatic heterocycles. The average molecular weight is 234 g/mol. The van der Waals surface area contributed by atoms with Gasteiger partial charge in [-0.25, -0.2) is 0 Å². The van der Waals surface area contributed by atoms with Crippen molar-refractivity contribution in [2.45, 2.75) is 51.6 Å². The second-order valence-corrected chi connectivity index (χ2v) is 4.86. The minimum Gasteiger partial charge on any atom is -0.329 e. The van der Waals surface area contributed by atoms with Gasteiger partial charge in [0.15, 0.2) is 0 Å². The Kier molecular flexibility index (Phi) is 5.66. The summed E-state index contributed by atoms with van der Waals surface area (Å²) in [6, 6.07) is 10.9. The summed E-state index contributed by atoms with van der Waals surface area (Å²) < 4.78 is 0. The molecule has 0 radical (unpaired) electrons. The number of rotatable bonds is 7. The number of hydrogen-bond donors (Lipinski definition) is 2. The van der Waals surface area contributed by atoms with E-state index in [1.165, 1.54) is 12.0 Å². The molecule has 1 aromatic rings. The number of nitrogens with one attached hydrogen (secondary N) is 1. The van der Waals surface area contributed by atoms with Gasteiger partial charge in [-0.15, -0.1) is 0 Å². The van der Waals surface area contributed by atoms with E-state index in [9.17, 15) is 0 Å². The zero-order valence-corrected chi connectivity index (χ0v) is 11.4. The van der Waals surface area contributed by atoms with Crippen LogP contribution >= 0.6 is 0 Å². The molecule has 0 saturated carbocycles. The molecule has 0 spiro atoms. The van der Waals surface area contributed by atoms with Crippen LogP contribution in [0.5, 0.6) is 0 Å². The Morgan fingerprint density at radius 3 is 2.35 bits per heavy atom. The molecule has 0 amide bonds. The molecule has 1 aromatic carbocycles. The van der Waals surface area contributed by atoms with E-state index in [-0.39, 0.29) is 5.54 Å². The molecule has 2 unspecified atom stereocenters. The van der Waals surface area contributed by atoms with Crippen LogP contribution in [0.1, 0.15) is 51.6 Å². The molecule has 17 heavy (non-hydrogen) atoms. The van der Waals surface area contributed by atoms with Crippen LogP contribution < -0.4 is 11.1 Å². The van der Waals surface area contributed by atoms with Crippen LogP contribution in [0.25, 0.3) is 0 Å². The smallest absolute Gasteiger partial charge is 0.0306 e. The normalized spacial score (nSPS) is 16.5. The van der Waals surface area contributed by atoms with Gasteiger partial charge in [-0.3, -0.25) is 0 Å². The first kappa shape index (κ1) is 14.2. The molecule has 1 rings (SSSR count). The first-order valence-corrected chi connectivity index (χ1v) is 6.70. The molecule has 0 saturated heterocycles. The monoisotopic (exact) mass is 234 g/mol. The number of benzene rings is 1. The predicted octanol–water partition coefficient (Wildman–Crippen LogP) is 3.24. The fourth-order valence-electron chi connectivity index (χ4n) is 2.42. The first-order valence-electron chi connectivity index (χ1n) is 6.70. The van der Waals surface area contributed by atoms with Gasteiger partial charge in [-0.1, -0.05) is 50.6 Å². The van der Waals surface area contributed by atoms with Crippen LogP contribution in [0.3, 0.4) is 0 Å². The van der Waals surface area contributed by atoms with Crippen LogP contribution in [0.2, 0.25) is 0 Å². The van der Waals surface area contributed by atoms with E-state index >= 15 is 0 Å². The summed E-state index contributed by atoms with van der Waals surface area (Å²) in [7, 11) is 0. The Morgan fingerprint density at radius 2 is 1.88 bits per heavy atom. The fourth-order valence-corrected chi connectivity index (χ4v) is 2.42. The second-order valence-electron chi connectivity index (χ2n) is 4.86. The van der Waals surface area contributed by atoms with Gasteiger partial charge in [-0.05, 0) is 25.3 Å². The highest BCUT2D eigenvalue weighted by atomic mass is 15.0. The van der Waals surface area contributed by atoms with Crippen molar-refractivity contribution in [3.63, 3.8) is 0 Å². The van der Waals surface area contributed by atoms with Gasteiger partial charge in [-0.2, -0.15) is 0 Å².